The molecule has 0 spiro atoms. The van der Waals surface area contributed by atoms with Crippen molar-refractivity contribution in [2.75, 3.05) is 6.61 Å². The van der Waals surface area contributed by atoms with E-state index in [4.69, 9.17) is 4.74 Å². The van der Waals surface area contributed by atoms with Gasteiger partial charge in [0.05, 0.1) is 17.0 Å². The van der Waals surface area contributed by atoms with Crippen molar-refractivity contribution < 1.29 is 23.5 Å². The molecule has 0 aliphatic heterocycles. The van der Waals surface area contributed by atoms with Crippen LogP contribution in [0.15, 0.2) is 10.5 Å². The zero-order valence-electron chi connectivity index (χ0n) is 16.1. The number of halogens is 2. The van der Waals surface area contributed by atoms with Gasteiger partial charge in [0.1, 0.15) is 0 Å². The lowest BCUT2D eigenvalue weighted by atomic mass is 10.2. The van der Waals surface area contributed by atoms with Gasteiger partial charge in [-0.05, 0) is 34.3 Å². The topological polar surface area (TPSA) is 110 Å². The molecule has 1 aromatic heterocycles. The molecular weight excluding hydrogens is 456 g/mol. The Labute approximate surface area is 171 Å². The number of ether oxygens (including phenoxy) is 1. The minimum absolute atomic E-state index is 0.0256. The highest BCUT2D eigenvalue weighted by Gasteiger charge is 2.50. The average molecular weight is 478 g/mol. The van der Waals surface area contributed by atoms with E-state index in [1.165, 1.54) is 0 Å². The highest BCUT2D eigenvalue weighted by atomic mass is 79.9. The van der Waals surface area contributed by atoms with E-state index in [0.717, 1.165) is 6.07 Å². The third-order valence-corrected chi connectivity index (χ3v) is 6.14. The molecule has 8 nitrogen and oxygen atoms in total. The molecule has 0 amide bonds. The van der Waals surface area contributed by atoms with Gasteiger partial charge in [0, 0.05) is 17.4 Å². The van der Waals surface area contributed by atoms with Gasteiger partial charge in [0.25, 0.3) is 0 Å². The van der Waals surface area contributed by atoms with E-state index in [2.05, 4.69) is 20.9 Å². The van der Waals surface area contributed by atoms with Gasteiger partial charge < -0.3 is 14.2 Å². The highest BCUT2D eigenvalue weighted by Crippen LogP contribution is 2.48. The smallest absolute Gasteiger partial charge is 0.353 e. The van der Waals surface area contributed by atoms with Crippen molar-refractivity contribution in [1.82, 2.24) is 9.55 Å². The van der Waals surface area contributed by atoms with Crippen LogP contribution in [0.1, 0.15) is 46.4 Å². The first-order chi connectivity index (χ1) is 13.1. The Morgan fingerprint density at radius 2 is 2.11 bits per heavy atom. The lowest BCUT2D eigenvalue weighted by molar-refractivity contribution is -0.385. The molecule has 28 heavy (non-hydrogen) atoms. The monoisotopic (exact) mass is 477 g/mol. The van der Waals surface area contributed by atoms with Gasteiger partial charge in [-0.1, -0.05) is 32.3 Å². The molecule has 2 aromatic rings. The van der Waals surface area contributed by atoms with E-state index in [-0.39, 0.29) is 40.3 Å². The quantitative estimate of drug-likeness (QED) is 0.296. The summed E-state index contributed by atoms with van der Waals surface area (Å²) in [6.45, 7) is 7.81. The normalized spacial score (nSPS) is 14.5. The van der Waals surface area contributed by atoms with Crippen molar-refractivity contribution in [3.63, 3.8) is 0 Å². The summed E-state index contributed by atoms with van der Waals surface area (Å²) in [5, 5.41) is 9.70. The first-order valence-corrected chi connectivity index (χ1v) is 10.9. The maximum absolute atomic E-state index is 14.3. The van der Waals surface area contributed by atoms with Crippen LogP contribution < -0.4 is 4.89 Å². The number of aromatic nitrogens is 2. The predicted molar refractivity (Wildman–Crippen MR) is 105 cm³/mol. The van der Waals surface area contributed by atoms with E-state index in [1.807, 2.05) is 20.8 Å². The van der Waals surface area contributed by atoms with Crippen LogP contribution in [-0.2, 0) is 21.2 Å². The van der Waals surface area contributed by atoms with Crippen molar-refractivity contribution in [3.05, 3.63) is 32.3 Å². The first-order valence-electron chi connectivity index (χ1n) is 8.92. The van der Waals surface area contributed by atoms with Crippen molar-refractivity contribution in [1.29, 1.82) is 0 Å². The number of fused-ring (bicyclic) bond motifs is 1. The van der Waals surface area contributed by atoms with E-state index in [0.29, 0.717) is 13.0 Å². The first kappa shape index (κ1) is 22.8. The van der Waals surface area contributed by atoms with Crippen LogP contribution in [0.3, 0.4) is 0 Å². The SMILES string of the molecule is CCCOC(CC)(c1nc2c([N+](=O)[O-])c(F)cc(Br)c2n1CC(C)C)[P+](=O)[O-]. The number of hydrogen-bond acceptors (Lipinski definition) is 6. The van der Waals surface area contributed by atoms with Crippen LogP contribution in [0.25, 0.3) is 11.0 Å². The molecule has 2 rings (SSSR count). The molecule has 0 radical (unpaired) electrons. The van der Waals surface area contributed by atoms with Crippen LogP contribution in [0.2, 0.25) is 0 Å². The zero-order valence-corrected chi connectivity index (χ0v) is 18.5. The van der Waals surface area contributed by atoms with E-state index in [1.54, 1.807) is 11.5 Å². The number of hydrogen-bond donors (Lipinski definition) is 0. The van der Waals surface area contributed by atoms with Gasteiger partial charge in [-0.3, -0.25) is 10.1 Å². The number of benzene rings is 1. The van der Waals surface area contributed by atoms with Crippen molar-refractivity contribution in [2.24, 2.45) is 5.92 Å². The molecule has 1 aromatic carbocycles. The van der Waals surface area contributed by atoms with Crippen LogP contribution in [0, 0.1) is 21.8 Å². The standard InChI is InChI=1S/C17H22BrFN3O5P/c1-5-7-27-17(6-2,28(25)26)16-20-13-14(21(16)9-10(3)4)11(18)8-12(19)15(13)22(23)24/h8,10H,5-7,9H2,1-4H3. The Kier molecular flexibility index (Phi) is 7.25. The fourth-order valence-electron chi connectivity index (χ4n) is 3.10. The number of nitro benzene ring substituents is 1. The average Bonchev–Trinajstić information content (AvgIpc) is 2.94. The Morgan fingerprint density at radius 3 is 2.57 bits per heavy atom. The van der Waals surface area contributed by atoms with Crippen LogP contribution in [-0.4, -0.2) is 21.1 Å². The molecule has 0 saturated carbocycles. The summed E-state index contributed by atoms with van der Waals surface area (Å²) >= 11 is 3.25. The second-order valence-corrected chi connectivity index (χ2v) is 8.92. The Morgan fingerprint density at radius 1 is 1.46 bits per heavy atom. The molecule has 1 heterocycles. The predicted octanol–water partition coefficient (Wildman–Crippen LogP) is 4.59. The number of imidazole rings is 1. The van der Waals surface area contributed by atoms with Gasteiger partial charge in [-0.15, -0.1) is 0 Å². The number of nitrogens with zero attached hydrogens (tertiary/aromatic N) is 3. The Balaban J connectivity index is 2.98. The van der Waals surface area contributed by atoms with E-state index in [9.17, 15) is 24.0 Å². The fraction of sp³-hybridized carbons (Fsp3) is 0.588. The molecule has 0 aliphatic rings. The maximum atomic E-state index is 14.3. The summed E-state index contributed by atoms with van der Waals surface area (Å²) in [6.07, 6.45) is 0.634. The Hall–Kier alpha value is -1.48. The van der Waals surface area contributed by atoms with Gasteiger partial charge in [-0.2, -0.15) is 4.39 Å². The third-order valence-electron chi connectivity index (χ3n) is 4.30. The summed E-state index contributed by atoms with van der Waals surface area (Å²) in [5.41, 5.74) is -0.725. The fourth-order valence-corrected chi connectivity index (χ4v) is 4.49. The summed E-state index contributed by atoms with van der Waals surface area (Å²) in [5.74, 6) is -0.955. The largest absolute Gasteiger partial charge is 0.593 e. The zero-order chi connectivity index (χ0) is 21.2. The van der Waals surface area contributed by atoms with Gasteiger partial charge in [0.15, 0.2) is 11.3 Å². The molecular formula is C17H22BrFN3O5P. The lowest BCUT2D eigenvalue weighted by Gasteiger charge is -2.25. The summed E-state index contributed by atoms with van der Waals surface area (Å²) in [4.78, 5) is 27.2. The highest BCUT2D eigenvalue weighted by molar-refractivity contribution is 9.10. The van der Waals surface area contributed by atoms with Crippen molar-refractivity contribution in [3.8, 4) is 0 Å². The number of nitro groups is 1. The molecule has 2 unspecified atom stereocenters. The summed E-state index contributed by atoms with van der Waals surface area (Å²) in [7, 11) is -3.14. The summed E-state index contributed by atoms with van der Waals surface area (Å²) < 4.78 is 34.2. The minimum Gasteiger partial charge on any atom is -0.593 e. The lowest BCUT2D eigenvalue weighted by Crippen LogP contribution is -2.33. The molecule has 0 bridgehead atoms. The molecule has 0 N–H and O–H groups in total. The third kappa shape index (κ3) is 3.96. The van der Waals surface area contributed by atoms with Gasteiger partial charge in [-0.25, -0.2) is 4.98 Å². The summed E-state index contributed by atoms with van der Waals surface area (Å²) in [6, 6.07) is 1.00. The van der Waals surface area contributed by atoms with E-state index >= 15 is 0 Å². The second kappa shape index (κ2) is 8.90. The molecule has 0 aliphatic carbocycles. The van der Waals surface area contributed by atoms with Crippen molar-refractivity contribution in [2.45, 2.75) is 52.4 Å². The number of rotatable bonds is 9. The molecule has 2 atom stereocenters. The van der Waals surface area contributed by atoms with Gasteiger partial charge >= 0.3 is 19.1 Å². The van der Waals surface area contributed by atoms with Crippen LogP contribution in [0.4, 0.5) is 10.1 Å². The molecule has 154 valence electrons. The second-order valence-electron chi connectivity index (χ2n) is 6.83. The van der Waals surface area contributed by atoms with Crippen LogP contribution in [0.5, 0.6) is 0 Å². The van der Waals surface area contributed by atoms with Crippen molar-refractivity contribution >= 4 is 40.7 Å². The van der Waals surface area contributed by atoms with E-state index < -0.39 is 29.8 Å². The molecule has 0 saturated heterocycles. The van der Waals surface area contributed by atoms with Gasteiger partial charge in [0.2, 0.25) is 5.82 Å². The maximum Gasteiger partial charge on any atom is 0.353 e. The Bertz CT molecular complexity index is 920. The molecule has 0 fully saturated rings. The molecule has 11 heteroatoms. The van der Waals surface area contributed by atoms with Crippen LogP contribution >= 0.6 is 24.0 Å². The minimum atomic E-state index is -3.14.